The first kappa shape index (κ1) is 13.2. The molecule has 108 valence electrons. The number of likely N-dealkylation sites (tertiary alicyclic amines) is 1. The summed E-state index contributed by atoms with van der Waals surface area (Å²) in [4.78, 5) is 16.5. The Hall–Kier alpha value is -0.810. The van der Waals surface area contributed by atoms with Crippen molar-refractivity contribution in [1.82, 2.24) is 15.1 Å². The molecule has 0 saturated carbocycles. The van der Waals surface area contributed by atoms with E-state index in [1.165, 1.54) is 25.8 Å². The zero-order valence-electron chi connectivity index (χ0n) is 11.6. The third-order valence-electron chi connectivity index (χ3n) is 4.59. The van der Waals surface area contributed by atoms with Gasteiger partial charge in [-0.25, -0.2) is 4.79 Å². The Labute approximate surface area is 115 Å². The largest absolute Gasteiger partial charge is 0.373 e. The first-order valence-corrected chi connectivity index (χ1v) is 7.71. The molecule has 5 heteroatoms. The van der Waals surface area contributed by atoms with Crippen molar-refractivity contribution in [3.05, 3.63) is 0 Å². The molecule has 2 amide bonds. The van der Waals surface area contributed by atoms with Gasteiger partial charge in [0, 0.05) is 32.2 Å². The quantitative estimate of drug-likeness (QED) is 0.813. The van der Waals surface area contributed by atoms with Crippen LogP contribution in [-0.4, -0.2) is 67.3 Å². The summed E-state index contributed by atoms with van der Waals surface area (Å²) in [6.07, 6.45) is 6.27. The lowest BCUT2D eigenvalue weighted by Gasteiger charge is -2.35. The van der Waals surface area contributed by atoms with Crippen LogP contribution in [0.25, 0.3) is 0 Å². The van der Waals surface area contributed by atoms with E-state index >= 15 is 0 Å². The van der Waals surface area contributed by atoms with E-state index in [1.54, 1.807) is 0 Å². The number of hydrogen-bond donors (Lipinski definition) is 1. The summed E-state index contributed by atoms with van der Waals surface area (Å²) < 4.78 is 5.85. The van der Waals surface area contributed by atoms with Crippen LogP contribution in [0, 0.1) is 0 Å². The van der Waals surface area contributed by atoms with Gasteiger partial charge in [-0.3, -0.25) is 4.90 Å². The first-order valence-electron chi connectivity index (χ1n) is 7.71. The number of morpholine rings is 1. The Bertz CT molecular complexity index is 318. The lowest BCUT2D eigenvalue weighted by Crippen LogP contribution is -2.52. The Morgan fingerprint density at radius 1 is 1.16 bits per heavy atom. The lowest BCUT2D eigenvalue weighted by molar-refractivity contribution is -0.0461. The average Bonchev–Trinajstić information content (AvgIpc) is 2.93. The van der Waals surface area contributed by atoms with E-state index in [-0.39, 0.29) is 12.1 Å². The fourth-order valence-corrected chi connectivity index (χ4v) is 3.42. The number of fused-ring (bicyclic) bond motifs is 1. The zero-order chi connectivity index (χ0) is 13.1. The maximum Gasteiger partial charge on any atom is 0.317 e. The number of rotatable bonds is 2. The van der Waals surface area contributed by atoms with Crippen molar-refractivity contribution in [1.29, 1.82) is 0 Å². The number of hydrogen-bond acceptors (Lipinski definition) is 3. The molecular weight excluding hydrogens is 242 g/mol. The number of carbonyl (C=O) groups excluding carboxylic acids is 1. The molecule has 5 nitrogen and oxygen atoms in total. The molecule has 3 rings (SSSR count). The van der Waals surface area contributed by atoms with E-state index in [4.69, 9.17) is 4.74 Å². The fraction of sp³-hybridized carbons (Fsp3) is 0.929. The highest BCUT2D eigenvalue weighted by atomic mass is 16.5. The number of piperidine rings is 1. The molecule has 1 N–H and O–H groups in total. The van der Waals surface area contributed by atoms with Crippen molar-refractivity contribution in [2.75, 3.05) is 39.3 Å². The molecule has 0 spiro atoms. The van der Waals surface area contributed by atoms with Gasteiger partial charge in [-0.15, -0.1) is 0 Å². The maximum absolute atomic E-state index is 12.0. The summed E-state index contributed by atoms with van der Waals surface area (Å²) in [5, 5.41) is 3.04. The van der Waals surface area contributed by atoms with E-state index in [1.807, 2.05) is 4.90 Å². The first-order chi connectivity index (χ1) is 9.33. The van der Waals surface area contributed by atoms with E-state index in [0.717, 1.165) is 39.1 Å². The van der Waals surface area contributed by atoms with Crippen LogP contribution in [0.15, 0.2) is 0 Å². The standard InChI is InChI=1S/C14H25N3O2/c18-14(16-6-2-1-3-7-16)15-9-13-10-17-8-4-5-12(17)11-19-13/h12-13H,1-11H2,(H,15,18). The molecule has 0 radical (unpaired) electrons. The van der Waals surface area contributed by atoms with Gasteiger partial charge in [0.05, 0.1) is 12.7 Å². The van der Waals surface area contributed by atoms with Gasteiger partial charge in [-0.1, -0.05) is 0 Å². The van der Waals surface area contributed by atoms with Crippen molar-refractivity contribution in [3.8, 4) is 0 Å². The van der Waals surface area contributed by atoms with Crippen molar-refractivity contribution < 1.29 is 9.53 Å². The van der Waals surface area contributed by atoms with Crippen LogP contribution in [0.5, 0.6) is 0 Å². The van der Waals surface area contributed by atoms with Crippen LogP contribution in [0.2, 0.25) is 0 Å². The second-order valence-electron chi connectivity index (χ2n) is 5.98. The highest BCUT2D eigenvalue weighted by Gasteiger charge is 2.32. The summed E-state index contributed by atoms with van der Waals surface area (Å²) in [5.74, 6) is 0. The van der Waals surface area contributed by atoms with Crippen LogP contribution in [0.4, 0.5) is 4.79 Å². The molecule has 19 heavy (non-hydrogen) atoms. The molecule has 0 aromatic heterocycles. The zero-order valence-corrected chi connectivity index (χ0v) is 11.6. The molecule has 0 bridgehead atoms. The normalized spacial score (nSPS) is 32.1. The summed E-state index contributed by atoms with van der Waals surface area (Å²) in [6.45, 7) is 5.48. The van der Waals surface area contributed by atoms with Crippen LogP contribution >= 0.6 is 0 Å². The number of ether oxygens (including phenoxy) is 1. The summed E-state index contributed by atoms with van der Waals surface area (Å²) >= 11 is 0. The van der Waals surface area contributed by atoms with Gasteiger partial charge in [0.25, 0.3) is 0 Å². The minimum Gasteiger partial charge on any atom is -0.373 e. The van der Waals surface area contributed by atoms with Gasteiger partial charge in [0.15, 0.2) is 0 Å². The summed E-state index contributed by atoms with van der Waals surface area (Å²) in [6, 6.07) is 0.723. The monoisotopic (exact) mass is 267 g/mol. The molecule has 3 heterocycles. The van der Waals surface area contributed by atoms with Gasteiger partial charge < -0.3 is 15.0 Å². The van der Waals surface area contributed by atoms with Crippen molar-refractivity contribution in [2.45, 2.75) is 44.2 Å². The lowest BCUT2D eigenvalue weighted by atomic mass is 10.1. The molecule has 0 aromatic rings. The van der Waals surface area contributed by atoms with Crippen LogP contribution in [0.1, 0.15) is 32.1 Å². The molecule has 3 aliphatic heterocycles. The Kier molecular flexibility index (Phi) is 4.23. The number of nitrogens with one attached hydrogen (secondary N) is 1. The van der Waals surface area contributed by atoms with Gasteiger partial charge in [-0.05, 0) is 38.6 Å². The highest BCUT2D eigenvalue weighted by molar-refractivity contribution is 5.74. The number of urea groups is 1. The van der Waals surface area contributed by atoms with Crippen LogP contribution in [0.3, 0.4) is 0 Å². The second-order valence-corrected chi connectivity index (χ2v) is 5.98. The SMILES string of the molecule is O=C(NCC1CN2CCCC2CO1)N1CCCCC1. The molecule has 0 aromatic carbocycles. The smallest absolute Gasteiger partial charge is 0.317 e. The summed E-state index contributed by atoms with van der Waals surface area (Å²) in [7, 11) is 0. The summed E-state index contributed by atoms with van der Waals surface area (Å²) in [5.41, 5.74) is 0. The third kappa shape index (κ3) is 3.20. The number of amides is 2. The van der Waals surface area contributed by atoms with Gasteiger partial charge in [0.1, 0.15) is 0 Å². The third-order valence-corrected chi connectivity index (χ3v) is 4.59. The van der Waals surface area contributed by atoms with E-state index in [9.17, 15) is 4.79 Å². The van der Waals surface area contributed by atoms with Crippen LogP contribution < -0.4 is 5.32 Å². The van der Waals surface area contributed by atoms with Gasteiger partial charge in [-0.2, -0.15) is 0 Å². The highest BCUT2D eigenvalue weighted by Crippen LogP contribution is 2.22. The molecule has 3 fully saturated rings. The Morgan fingerprint density at radius 2 is 2.00 bits per heavy atom. The minimum atomic E-state index is 0.0897. The second kappa shape index (κ2) is 6.09. The number of nitrogens with zero attached hydrogens (tertiary/aromatic N) is 2. The van der Waals surface area contributed by atoms with E-state index < -0.39 is 0 Å². The molecule has 2 atom stereocenters. The Balaban J connectivity index is 1.40. The topological polar surface area (TPSA) is 44.8 Å². The predicted molar refractivity (Wildman–Crippen MR) is 73.2 cm³/mol. The maximum atomic E-state index is 12.0. The van der Waals surface area contributed by atoms with Gasteiger partial charge in [0.2, 0.25) is 0 Å². The number of carbonyl (C=O) groups is 1. The fourth-order valence-electron chi connectivity index (χ4n) is 3.42. The van der Waals surface area contributed by atoms with Gasteiger partial charge >= 0.3 is 6.03 Å². The molecule has 2 unspecified atom stereocenters. The predicted octanol–water partition coefficient (Wildman–Crippen LogP) is 1.05. The molecule has 3 saturated heterocycles. The minimum absolute atomic E-state index is 0.0897. The molecule has 0 aliphatic carbocycles. The van der Waals surface area contributed by atoms with E-state index in [2.05, 4.69) is 10.2 Å². The molecule has 3 aliphatic rings. The Morgan fingerprint density at radius 3 is 2.84 bits per heavy atom. The van der Waals surface area contributed by atoms with E-state index in [0.29, 0.717) is 12.6 Å². The van der Waals surface area contributed by atoms with Crippen LogP contribution in [-0.2, 0) is 4.74 Å². The average molecular weight is 267 g/mol. The van der Waals surface area contributed by atoms with Crippen molar-refractivity contribution in [3.63, 3.8) is 0 Å². The van der Waals surface area contributed by atoms with Crippen molar-refractivity contribution >= 4 is 6.03 Å². The van der Waals surface area contributed by atoms with Crippen molar-refractivity contribution in [2.24, 2.45) is 0 Å². The molecular formula is C14H25N3O2.